The molecule has 0 bridgehead atoms. The van der Waals surface area contributed by atoms with Crippen molar-refractivity contribution >= 4 is 29.2 Å². The van der Waals surface area contributed by atoms with E-state index >= 15 is 0 Å². The highest BCUT2D eigenvalue weighted by molar-refractivity contribution is 6.06. The quantitative estimate of drug-likeness (QED) is 0.499. The maximum absolute atomic E-state index is 13.7. The molecule has 4 amide bonds. The second-order valence-electron chi connectivity index (χ2n) is 14.2. The van der Waals surface area contributed by atoms with Gasteiger partial charge in [0.05, 0.1) is 0 Å². The fraction of sp³-hybridized carbons (Fsp3) is 0.486. The Balaban J connectivity index is 1.15. The van der Waals surface area contributed by atoms with Gasteiger partial charge in [-0.15, -0.1) is 0 Å². The number of piperidine rings is 1. The number of benzene rings is 2. The Morgan fingerprint density at radius 1 is 1.00 bits per heavy atom. The Kier molecular flexibility index (Phi) is 7.72. The number of hydrogen-bond donors (Lipinski definition) is 1. The van der Waals surface area contributed by atoms with Gasteiger partial charge in [-0.05, 0) is 92.0 Å². The van der Waals surface area contributed by atoms with Gasteiger partial charge >= 0.3 is 0 Å². The second-order valence-corrected chi connectivity index (χ2v) is 14.2. The molecular weight excluding hydrogens is 559 g/mol. The lowest BCUT2D eigenvalue weighted by Gasteiger charge is -2.48. The summed E-state index contributed by atoms with van der Waals surface area (Å²) < 4.78 is 13.7. The third-order valence-electron chi connectivity index (χ3n) is 9.89. The average Bonchev–Trinajstić information content (AvgIpc) is 3.29. The molecule has 9 heteroatoms. The molecule has 0 saturated carbocycles. The van der Waals surface area contributed by atoms with Gasteiger partial charge in [0.1, 0.15) is 11.9 Å². The lowest BCUT2D eigenvalue weighted by Crippen LogP contribution is -2.60. The molecule has 44 heavy (non-hydrogen) atoms. The Labute approximate surface area is 258 Å². The first kappa shape index (κ1) is 30.2. The summed E-state index contributed by atoms with van der Waals surface area (Å²) in [4.78, 5) is 56.7. The number of imide groups is 1. The highest BCUT2D eigenvalue weighted by Crippen LogP contribution is 2.44. The molecule has 1 N–H and O–H groups in total. The average molecular weight is 601 g/mol. The lowest BCUT2D eigenvalue weighted by molar-refractivity contribution is -0.136. The van der Waals surface area contributed by atoms with Crippen LogP contribution in [0.15, 0.2) is 48.0 Å². The van der Waals surface area contributed by atoms with Crippen molar-refractivity contribution in [3.05, 3.63) is 76.1 Å². The van der Waals surface area contributed by atoms with Crippen molar-refractivity contribution in [3.63, 3.8) is 0 Å². The molecule has 2 aromatic rings. The van der Waals surface area contributed by atoms with E-state index in [1.807, 2.05) is 17.0 Å². The highest BCUT2D eigenvalue weighted by Gasteiger charge is 2.41. The topological polar surface area (TPSA) is 90.0 Å². The van der Waals surface area contributed by atoms with Crippen molar-refractivity contribution in [1.82, 2.24) is 20.0 Å². The van der Waals surface area contributed by atoms with Crippen molar-refractivity contribution in [2.75, 3.05) is 26.2 Å². The van der Waals surface area contributed by atoms with Crippen LogP contribution in [0.3, 0.4) is 0 Å². The number of hydrogen-bond acceptors (Lipinski definition) is 5. The normalized spacial score (nSPS) is 23.6. The zero-order valence-electron chi connectivity index (χ0n) is 26.0. The smallest absolute Gasteiger partial charge is 0.255 e. The molecule has 1 unspecified atom stereocenters. The van der Waals surface area contributed by atoms with Crippen LogP contribution in [0.2, 0.25) is 0 Å². The second kappa shape index (κ2) is 11.3. The molecule has 6 rings (SSSR count). The Morgan fingerprint density at radius 3 is 2.45 bits per heavy atom. The standard InChI is InChI=1S/C35H41FN4O4/c1-34(2)14-13-24(28(18-34)22-5-8-26(36)9-6-22)19-39-16-15-38(21-35(39,3)4)32(43)23-7-10-27-25(17-23)20-40(33(27)44)29-11-12-30(41)37-31(29)42/h5-10,17,29H,11-16,18-21H2,1-4H3,(H,37,41,42). The van der Waals surface area contributed by atoms with Crippen molar-refractivity contribution < 1.29 is 23.6 Å². The molecule has 232 valence electrons. The minimum absolute atomic E-state index is 0.0712. The van der Waals surface area contributed by atoms with Crippen LogP contribution in [-0.4, -0.2) is 76.1 Å². The van der Waals surface area contributed by atoms with E-state index in [-0.39, 0.29) is 47.5 Å². The van der Waals surface area contributed by atoms with E-state index in [1.165, 1.54) is 28.2 Å². The molecular formula is C35H41FN4O4. The number of amides is 4. The number of carbonyl (C=O) groups is 4. The summed E-state index contributed by atoms with van der Waals surface area (Å²) in [5, 5.41) is 2.33. The number of halogens is 1. The molecule has 0 spiro atoms. The fourth-order valence-corrected chi connectivity index (χ4v) is 7.24. The minimum Gasteiger partial charge on any atom is -0.336 e. The zero-order valence-corrected chi connectivity index (χ0v) is 26.0. The third-order valence-corrected chi connectivity index (χ3v) is 9.89. The summed E-state index contributed by atoms with van der Waals surface area (Å²) in [7, 11) is 0. The molecule has 0 aromatic heterocycles. The van der Waals surface area contributed by atoms with Gasteiger partial charge in [0.25, 0.3) is 11.8 Å². The molecule has 3 aliphatic heterocycles. The molecule has 4 aliphatic rings. The van der Waals surface area contributed by atoms with E-state index in [9.17, 15) is 23.6 Å². The number of piperazine rings is 1. The Hall–Kier alpha value is -3.85. The number of nitrogens with zero attached hydrogens (tertiary/aromatic N) is 3. The highest BCUT2D eigenvalue weighted by atomic mass is 19.1. The lowest BCUT2D eigenvalue weighted by atomic mass is 9.72. The van der Waals surface area contributed by atoms with Crippen molar-refractivity contribution in [3.8, 4) is 0 Å². The summed E-state index contributed by atoms with van der Waals surface area (Å²) in [6.45, 7) is 11.9. The van der Waals surface area contributed by atoms with Gasteiger partial charge < -0.3 is 9.80 Å². The molecule has 8 nitrogen and oxygen atoms in total. The molecule has 3 heterocycles. The van der Waals surface area contributed by atoms with Gasteiger partial charge in [0, 0.05) is 55.8 Å². The van der Waals surface area contributed by atoms with Crippen LogP contribution in [0.5, 0.6) is 0 Å². The van der Waals surface area contributed by atoms with Gasteiger partial charge in [0.2, 0.25) is 11.8 Å². The summed E-state index contributed by atoms with van der Waals surface area (Å²) in [5.74, 6) is -1.31. The monoisotopic (exact) mass is 600 g/mol. The number of allylic oxidation sites excluding steroid dienone is 1. The Bertz CT molecular complexity index is 1560. The van der Waals surface area contributed by atoms with Crippen LogP contribution >= 0.6 is 0 Å². The molecule has 2 fully saturated rings. The summed E-state index contributed by atoms with van der Waals surface area (Å²) >= 11 is 0. The van der Waals surface area contributed by atoms with E-state index in [2.05, 4.69) is 37.9 Å². The fourth-order valence-electron chi connectivity index (χ4n) is 7.24. The number of fused-ring (bicyclic) bond motifs is 1. The van der Waals surface area contributed by atoms with Gasteiger partial charge in [-0.1, -0.05) is 31.6 Å². The number of nitrogens with one attached hydrogen (secondary N) is 1. The summed E-state index contributed by atoms with van der Waals surface area (Å²) in [6, 6.07) is 11.3. The first-order valence-electron chi connectivity index (χ1n) is 15.6. The summed E-state index contributed by atoms with van der Waals surface area (Å²) in [6.07, 6.45) is 3.56. The Morgan fingerprint density at radius 2 is 1.75 bits per heavy atom. The van der Waals surface area contributed by atoms with Crippen LogP contribution in [0, 0.1) is 11.2 Å². The van der Waals surface area contributed by atoms with Crippen LogP contribution in [0.25, 0.3) is 5.57 Å². The maximum atomic E-state index is 13.7. The van der Waals surface area contributed by atoms with E-state index in [0.717, 1.165) is 43.5 Å². The van der Waals surface area contributed by atoms with Gasteiger partial charge in [-0.25, -0.2) is 4.39 Å². The molecule has 1 atom stereocenters. The van der Waals surface area contributed by atoms with E-state index in [4.69, 9.17) is 0 Å². The van der Waals surface area contributed by atoms with Crippen molar-refractivity contribution in [1.29, 1.82) is 0 Å². The first-order valence-corrected chi connectivity index (χ1v) is 15.6. The van der Waals surface area contributed by atoms with Crippen LogP contribution in [0.4, 0.5) is 4.39 Å². The van der Waals surface area contributed by atoms with Crippen LogP contribution < -0.4 is 5.32 Å². The first-order chi connectivity index (χ1) is 20.8. The van der Waals surface area contributed by atoms with Gasteiger partial charge in [-0.2, -0.15) is 0 Å². The molecule has 0 radical (unpaired) electrons. The predicted octanol–water partition coefficient (Wildman–Crippen LogP) is 4.79. The van der Waals surface area contributed by atoms with E-state index < -0.39 is 11.9 Å². The van der Waals surface area contributed by atoms with Crippen LogP contribution in [0.1, 0.15) is 91.6 Å². The van der Waals surface area contributed by atoms with Crippen molar-refractivity contribution in [2.24, 2.45) is 5.41 Å². The van der Waals surface area contributed by atoms with E-state index in [0.29, 0.717) is 30.6 Å². The third kappa shape index (κ3) is 5.82. The SMILES string of the molecule is CC1(C)CCC(CN2CCN(C(=O)c3ccc4c(c3)CN(C3CCC(=O)NC3=O)C4=O)CC2(C)C)=C(c2ccc(F)cc2)C1. The maximum Gasteiger partial charge on any atom is 0.255 e. The zero-order chi connectivity index (χ0) is 31.4. The predicted molar refractivity (Wildman–Crippen MR) is 165 cm³/mol. The summed E-state index contributed by atoms with van der Waals surface area (Å²) in [5.41, 5.74) is 5.47. The van der Waals surface area contributed by atoms with Gasteiger partial charge in [0.15, 0.2) is 0 Å². The van der Waals surface area contributed by atoms with E-state index in [1.54, 1.807) is 18.2 Å². The van der Waals surface area contributed by atoms with Crippen molar-refractivity contribution in [2.45, 2.75) is 77.9 Å². The van der Waals surface area contributed by atoms with Crippen LogP contribution in [-0.2, 0) is 16.1 Å². The largest absolute Gasteiger partial charge is 0.336 e. The molecule has 2 aromatic carbocycles. The number of rotatable bonds is 5. The minimum atomic E-state index is -0.686. The molecule has 1 aliphatic carbocycles. The number of carbonyl (C=O) groups excluding carboxylic acids is 4. The molecule has 2 saturated heterocycles. The van der Waals surface area contributed by atoms with Gasteiger partial charge in [-0.3, -0.25) is 29.4 Å².